The van der Waals surface area contributed by atoms with Crippen LogP contribution >= 0.6 is 11.8 Å². The lowest BCUT2D eigenvalue weighted by molar-refractivity contribution is 0.944. The fourth-order valence-corrected chi connectivity index (χ4v) is 3.21. The molecule has 0 aliphatic carbocycles. The van der Waals surface area contributed by atoms with Crippen molar-refractivity contribution < 1.29 is 0 Å². The standard InChI is InChI=1S/C16H16N2S/c17-9-7-12-3-1-2-4-16(12)19-14-5-6-15-13(11-14)8-10-18-15/h1-6,8,10-11,18H,7,9,17H2. The van der Waals surface area contributed by atoms with E-state index < -0.39 is 0 Å². The smallest absolute Gasteiger partial charge is 0.0454 e. The van der Waals surface area contributed by atoms with Crippen molar-refractivity contribution in [1.29, 1.82) is 0 Å². The van der Waals surface area contributed by atoms with Crippen LogP contribution in [-0.2, 0) is 6.42 Å². The minimum absolute atomic E-state index is 0.689. The third-order valence-electron chi connectivity index (χ3n) is 3.14. The number of nitrogens with two attached hydrogens (primary N) is 1. The number of hydrogen-bond acceptors (Lipinski definition) is 2. The molecule has 3 rings (SSSR count). The van der Waals surface area contributed by atoms with Gasteiger partial charge >= 0.3 is 0 Å². The molecule has 0 aliphatic heterocycles. The highest BCUT2D eigenvalue weighted by Crippen LogP contribution is 2.32. The fourth-order valence-electron chi connectivity index (χ4n) is 2.19. The van der Waals surface area contributed by atoms with Crippen LogP contribution in [0.5, 0.6) is 0 Å². The van der Waals surface area contributed by atoms with Crippen molar-refractivity contribution in [3.8, 4) is 0 Å². The molecule has 3 N–H and O–H groups in total. The molecule has 1 heterocycles. The molecule has 0 aliphatic rings. The Labute approximate surface area is 117 Å². The Morgan fingerprint density at radius 3 is 2.84 bits per heavy atom. The van der Waals surface area contributed by atoms with Crippen LogP contribution in [0.4, 0.5) is 0 Å². The zero-order valence-electron chi connectivity index (χ0n) is 10.6. The number of hydrogen-bond donors (Lipinski definition) is 2. The van der Waals surface area contributed by atoms with E-state index in [0.29, 0.717) is 6.54 Å². The van der Waals surface area contributed by atoms with E-state index in [2.05, 4.69) is 53.5 Å². The molecule has 3 heteroatoms. The monoisotopic (exact) mass is 268 g/mol. The van der Waals surface area contributed by atoms with Gasteiger partial charge < -0.3 is 10.7 Å². The van der Waals surface area contributed by atoms with Crippen LogP contribution in [0.25, 0.3) is 10.9 Å². The molecule has 0 amide bonds. The molecule has 0 saturated carbocycles. The predicted molar refractivity (Wildman–Crippen MR) is 81.6 cm³/mol. The second-order valence-electron chi connectivity index (χ2n) is 4.48. The topological polar surface area (TPSA) is 41.8 Å². The molecule has 0 atom stereocenters. The van der Waals surface area contributed by atoms with Crippen molar-refractivity contribution in [3.05, 3.63) is 60.3 Å². The zero-order chi connectivity index (χ0) is 13.1. The minimum atomic E-state index is 0.689. The van der Waals surface area contributed by atoms with Crippen LogP contribution in [-0.4, -0.2) is 11.5 Å². The summed E-state index contributed by atoms with van der Waals surface area (Å²) < 4.78 is 0. The summed E-state index contributed by atoms with van der Waals surface area (Å²) in [5.41, 5.74) is 8.17. The van der Waals surface area contributed by atoms with E-state index in [-0.39, 0.29) is 0 Å². The van der Waals surface area contributed by atoms with Gasteiger partial charge in [0, 0.05) is 26.9 Å². The van der Waals surface area contributed by atoms with Crippen molar-refractivity contribution in [2.24, 2.45) is 5.73 Å². The maximum atomic E-state index is 5.67. The summed E-state index contributed by atoms with van der Waals surface area (Å²) in [4.78, 5) is 5.77. The SMILES string of the molecule is NCCc1ccccc1Sc1ccc2[nH]ccc2c1. The quantitative estimate of drug-likeness (QED) is 0.755. The summed E-state index contributed by atoms with van der Waals surface area (Å²) in [6, 6.07) is 17.1. The predicted octanol–water partition coefficient (Wildman–Crippen LogP) is 3.82. The van der Waals surface area contributed by atoms with Crippen LogP contribution in [0, 0.1) is 0 Å². The lowest BCUT2D eigenvalue weighted by Gasteiger charge is -2.08. The van der Waals surface area contributed by atoms with Gasteiger partial charge in [-0.25, -0.2) is 0 Å². The first-order valence-electron chi connectivity index (χ1n) is 6.40. The molecule has 0 bridgehead atoms. The van der Waals surface area contributed by atoms with E-state index in [9.17, 15) is 0 Å². The summed E-state index contributed by atoms with van der Waals surface area (Å²) in [7, 11) is 0. The Kier molecular flexibility index (Phi) is 3.58. The molecular weight excluding hydrogens is 252 g/mol. The molecule has 1 aromatic heterocycles. The van der Waals surface area contributed by atoms with Gasteiger partial charge in [-0.2, -0.15) is 0 Å². The largest absolute Gasteiger partial charge is 0.361 e. The van der Waals surface area contributed by atoms with Gasteiger partial charge in [-0.3, -0.25) is 0 Å². The highest BCUT2D eigenvalue weighted by atomic mass is 32.2. The van der Waals surface area contributed by atoms with E-state index >= 15 is 0 Å². The number of benzene rings is 2. The Hall–Kier alpha value is -1.71. The number of nitrogens with one attached hydrogen (secondary N) is 1. The maximum absolute atomic E-state index is 5.67. The summed E-state index contributed by atoms with van der Waals surface area (Å²) in [6.45, 7) is 0.689. The fraction of sp³-hybridized carbons (Fsp3) is 0.125. The van der Waals surface area contributed by atoms with Crippen LogP contribution in [0.3, 0.4) is 0 Å². The summed E-state index contributed by atoms with van der Waals surface area (Å²) in [5, 5.41) is 1.25. The molecule has 0 radical (unpaired) electrons. The van der Waals surface area contributed by atoms with Crippen LogP contribution in [0.15, 0.2) is 64.5 Å². The number of aromatic nitrogens is 1. The molecule has 2 aromatic carbocycles. The first-order chi connectivity index (χ1) is 9.36. The average Bonchev–Trinajstić information content (AvgIpc) is 2.89. The Morgan fingerprint density at radius 1 is 1.05 bits per heavy atom. The highest BCUT2D eigenvalue weighted by molar-refractivity contribution is 7.99. The lowest BCUT2D eigenvalue weighted by atomic mass is 10.1. The number of fused-ring (bicyclic) bond motifs is 1. The molecule has 0 spiro atoms. The minimum Gasteiger partial charge on any atom is -0.361 e. The van der Waals surface area contributed by atoms with Gasteiger partial charge in [-0.1, -0.05) is 30.0 Å². The second-order valence-corrected chi connectivity index (χ2v) is 5.59. The van der Waals surface area contributed by atoms with Crippen LogP contribution in [0.2, 0.25) is 0 Å². The average molecular weight is 268 g/mol. The molecule has 96 valence electrons. The van der Waals surface area contributed by atoms with Crippen molar-refractivity contribution in [3.63, 3.8) is 0 Å². The van der Waals surface area contributed by atoms with E-state index in [1.807, 2.05) is 6.20 Å². The molecule has 0 unspecified atom stereocenters. The first kappa shape index (κ1) is 12.3. The Balaban J connectivity index is 1.91. The number of rotatable bonds is 4. The van der Waals surface area contributed by atoms with E-state index in [4.69, 9.17) is 5.73 Å². The molecule has 0 fully saturated rings. The summed E-state index contributed by atoms with van der Waals surface area (Å²) >= 11 is 1.80. The lowest BCUT2D eigenvalue weighted by Crippen LogP contribution is -2.03. The van der Waals surface area contributed by atoms with Crippen LogP contribution < -0.4 is 5.73 Å². The molecule has 0 saturated heterocycles. The van der Waals surface area contributed by atoms with Crippen molar-refractivity contribution in [1.82, 2.24) is 4.98 Å². The van der Waals surface area contributed by atoms with Gasteiger partial charge in [-0.05, 0) is 48.9 Å². The normalized spacial score (nSPS) is 11.0. The zero-order valence-corrected chi connectivity index (χ0v) is 11.4. The molecule has 2 nitrogen and oxygen atoms in total. The third kappa shape index (κ3) is 2.67. The van der Waals surface area contributed by atoms with Crippen molar-refractivity contribution >= 4 is 22.7 Å². The van der Waals surface area contributed by atoms with Crippen molar-refractivity contribution in [2.45, 2.75) is 16.2 Å². The van der Waals surface area contributed by atoms with Gasteiger partial charge in [0.15, 0.2) is 0 Å². The summed E-state index contributed by atoms with van der Waals surface area (Å²) in [6.07, 6.45) is 2.90. The number of aromatic amines is 1. The van der Waals surface area contributed by atoms with Gasteiger partial charge in [0.2, 0.25) is 0 Å². The highest BCUT2D eigenvalue weighted by Gasteiger charge is 2.04. The van der Waals surface area contributed by atoms with Gasteiger partial charge in [0.05, 0.1) is 0 Å². The van der Waals surface area contributed by atoms with Gasteiger partial charge in [-0.15, -0.1) is 0 Å². The van der Waals surface area contributed by atoms with Crippen LogP contribution in [0.1, 0.15) is 5.56 Å². The molecule has 19 heavy (non-hydrogen) atoms. The molecular formula is C16H16N2S. The Morgan fingerprint density at radius 2 is 1.95 bits per heavy atom. The first-order valence-corrected chi connectivity index (χ1v) is 7.21. The number of H-pyrrole nitrogens is 1. The van der Waals surface area contributed by atoms with E-state index in [0.717, 1.165) is 6.42 Å². The maximum Gasteiger partial charge on any atom is 0.0454 e. The molecule has 3 aromatic rings. The third-order valence-corrected chi connectivity index (χ3v) is 4.25. The second kappa shape index (κ2) is 5.51. The van der Waals surface area contributed by atoms with Crippen molar-refractivity contribution in [2.75, 3.05) is 6.54 Å². The van der Waals surface area contributed by atoms with Gasteiger partial charge in [0.1, 0.15) is 0 Å². The van der Waals surface area contributed by atoms with E-state index in [1.54, 1.807) is 11.8 Å². The van der Waals surface area contributed by atoms with E-state index in [1.165, 1.54) is 26.3 Å². The van der Waals surface area contributed by atoms with Gasteiger partial charge in [0.25, 0.3) is 0 Å². The Bertz CT molecular complexity index is 688. The summed E-state index contributed by atoms with van der Waals surface area (Å²) in [5.74, 6) is 0.